The summed E-state index contributed by atoms with van der Waals surface area (Å²) in [5.41, 5.74) is 4.40. The number of aliphatic hydroxyl groups is 2. The van der Waals surface area contributed by atoms with Crippen molar-refractivity contribution in [3.05, 3.63) is 0 Å². The first kappa shape index (κ1) is 14.9. The van der Waals surface area contributed by atoms with E-state index in [4.69, 9.17) is 16.1 Å². The van der Waals surface area contributed by atoms with Crippen LogP contribution in [-0.4, -0.2) is 58.5 Å². The van der Waals surface area contributed by atoms with Gasteiger partial charge in [0.2, 0.25) is 5.91 Å². The summed E-state index contributed by atoms with van der Waals surface area (Å²) >= 11 is 0. The van der Waals surface area contributed by atoms with Crippen LogP contribution in [0.4, 0.5) is 0 Å². The molecule has 0 saturated carbocycles. The fraction of sp³-hybridized carbons (Fsp3) is 0.818. The molecule has 3 atom stereocenters. The second-order valence-electron chi connectivity index (χ2n) is 4.82. The van der Waals surface area contributed by atoms with E-state index < -0.39 is 18.4 Å². The van der Waals surface area contributed by atoms with Crippen LogP contribution in [0, 0.1) is 11.3 Å². The van der Waals surface area contributed by atoms with Crippen LogP contribution in [0.15, 0.2) is 0 Å². The van der Waals surface area contributed by atoms with Gasteiger partial charge in [0, 0.05) is 6.54 Å². The van der Waals surface area contributed by atoms with Crippen LogP contribution in [0.2, 0.25) is 0 Å². The Morgan fingerprint density at radius 2 is 2.44 bits per heavy atom. The Kier molecular flexibility index (Phi) is 5.04. The number of carbonyl (C=O) groups is 1. The molecule has 5 N–H and O–H groups in total. The Balaban J connectivity index is 2.45. The lowest BCUT2D eigenvalue weighted by atomic mass is 10.0. The molecular weight excluding hydrogens is 236 g/mol. The van der Waals surface area contributed by atoms with Gasteiger partial charge in [0.1, 0.15) is 12.3 Å². The summed E-state index contributed by atoms with van der Waals surface area (Å²) in [6.07, 6.45) is 0.322. The molecule has 0 aromatic carbocycles. The third-order valence-electron chi connectivity index (χ3n) is 3.13. The number of carbonyl (C=O) groups excluding carboxylic acids is 1. The van der Waals surface area contributed by atoms with E-state index >= 15 is 0 Å². The quantitative estimate of drug-likeness (QED) is 0.427. The minimum Gasteiger partial charge on any atom is -0.394 e. The highest BCUT2D eigenvalue weighted by molar-refractivity contribution is 5.79. The number of rotatable bonds is 5. The molecule has 1 aliphatic heterocycles. The molecular formula is C11H20N4O3. The number of nitrogens with one attached hydrogen (secondary N) is 1. The fourth-order valence-electron chi connectivity index (χ4n) is 1.80. The maximum Gasteiger partial charge on any atom is 0.237 e. The van der Waals surface area contributed by atoms with E-state index in [1.807, 2.05) is 0 Å². The molecule has 18 heavy (non-hydrogen) atoms. The molecule has 0 radical (unpaired) electrons. The summed E-state index contributed by atoms with van der Waals surface area (Å²) in [5.74, 6) is -0.244. The maximum atomic E-state index is 11.8. The topological polar surface area (TPSA) is 123 Å². The van der Waals surface area contributed by atoms with Gasteiger partial charge in [0.25, 0.3) is 0 Å². The van der Waals surface area contributed by atoms with Crippen molar-refractivity contribution in [2.24, 2.45) is 5.73 Å². The monoisotopic (exact) mass is 256 g/mol. The smallest absolute Gasteiger partial charge is 0.237 e. The van der Waals surface area contributed by atoms with Crippen molar-refractivity contribution in [2.45, 2.75) is 37.6 Å². The van der Waals surface area contributed by atoms with Gasteiger partial charge in [-0.05, 0) is 19.8 Å². The van der Waals surface area contributed by atoms with E-state index in [1.165, 1.54) is 11.8 Å². The number of aliphatic hydroxyl groups excluding tert-OH is 2. The highest BCUT2D eigenvalue weighted by Gasteiger charge is 2.31. The lowest BCUT2D eigenvalue weighted by Gasteiger charge is -2.29. The average Bonchev–Trinajstić information content (AvgIpc) is 2.83. The molecule has 0 aliphatic carbocycles. The molecule has 102 valence electrons. The van der Waals surface area contributed by atoms with Crippen LogP contribution in [0.5, 0.6) is 0 Å². The van der Waals surface area contributed by atoms with Crippen LogP contribution in [0.3, 0.4) is 0 Å². The Hall–Kier alpha value is -1.20. The van der Waals surface area contributed by atoms with Crippen LogP contribution < -0.4 is 11.1 Å². The summed E-state index contributed by atoms with van der Waals surface area (Å²) in [6, 6.07) is 1.70. The number of amides is 1. The van der Waals surface area contributed by atoms with E-state index in [0.29, 0.717) is 13.0 Å². The second kappa shape index (κ2) is 6.11. The molecule has 1 amide bonds. The summed E-state index contributed by atoms with van der Waals surface area (Å²) < 4.78 is 0. The molecule has 1 aliphatic rings. The highest BCUT2D eigenvalue weighted by Crippen LogP contribution is 2.16. The van der Waals surface area contributed by atoms with Crippen molar-refractivity contribution in [1.82, 2.24) is 10.2 Å². The van der Waals surface area contributed by atoms with Crippen molar-refractivity contribution in [3.63, 3.8) is 0 Å². The minimum absolute atomic E-state index is 0.105. The predicted octanol–water partition coefficient (Wildman–Crippen LogP) is -1.88. The number of nitrogens with two attached hydrogens (primary N) is 1. The van der Waals surface area contributed by atoms with Crippen molar-refractivity contribution >= 4 is 5.91 Å². The van der Waals surface area contributed by atoms with Gasteiger partial charge in [-0.3, -0.25) is 10.1 Å². The lowest BCUT2D eigenvalue weighted by Crippen LogP contribution is -2.59. The van der Waals surface area contributed by atoms with E-state index in [9.17, 15) is 9.90 Å². The second-order valence-corrected chi connectivity index (χ2v) is 4.82. The maximum absolute atomic E-state index is 11.8. The van der Waals surface area contributed by atoms with Crippen LogP contribution in [0.25, 0.3) is 0 Å². The third-order valence-corrected chi connectivity index (χ3v) is 3.13. The van der Waals surface area contributed by atoms with Gasteiger partial charge >= 0.3 is 0 Å². The molecule has 0 aromatic rings. The third kappa shape index (κ3) is 3.40. The standard InChI is InChI=1S/C11H20N4O3/c1-11(13,7-16)10(18)14-6-9(17)15-4-2-3-8(15)5-12/h8,10,14,16,18H,2-4,6-7,13H2,1H3/t8-,10?,11?/m0/s1. The zero-order valence-electron chi connectivity index (χ0n) is 10.5. The summed E-state index contributed by atoms with van der Waals surface area (Å²) in [7, 11) is 0. The number of hydrogen-bond donors (Lipinski definition) is 4. The van der Waals surface area contributed by atoms with Gasteiger partial charge < -0.3 is 20.8 Å². The first-order valence-electron chi connectivity index (χ1n) is 5.92. The first-order valence-corrected chi connectivity index (χ1v) is 5.92. The number of likely N-dealkylation sites (tertiary alicyclic amines) is 1. The summed E-state index contributed by atoms with van der Waals surface area (Å²) in [5, 5.41) is 30.0. The zero-order valence-corrected chi connectivity index (χ0v) is 10.5. The van der Waals surface area contributed by atoms with Gasteiger partial charge in [-0.2, -0.15) is 5.26 Å². The molecule has 1 saturated heterocycles. The number of nitrogens with zero attached hydrogens (tertiary/aromatic N) is 2. The van der Waals surface area contributed by atoms with Gasteiger partial charge in [-0.15, -0.1) is 0 Å². The van der Waals surface area contributed by atoms with Gasteiger partial charge in [0.15, 0.2) is 0 Å². The van der Waals surface area contributed by atoms with Gasteiger partial charge in [-0.25, -0.2) is 0 Å². The van der Waals surface area contributed by atoms with Gasteiger partial charge in [-0.1, -0.05) is 0 Å². The molecule has 0 spiro atoms. The molecule has 1 fully saturated rings. The zero-order chi connectivity index (χ0) is 13.8. The molecule has 7 heteroatoms. The van der Waals surface area contributed by atoms with E-state index in [0.717, 1.165) is 6.42 Å². The van der Waals surface area contributed by atoms with Crippen LogP contribution >= 0.6 is 0 Å². The molecule has 0 bridgehead atoms. The molecule has 0 aromatic heterocycles. The van der Waals surface area contributed by atoms with E-state index in [-0.39, 0.29) is 18.5 Å². The number of nitriles is 1. The van der Waals surface area contributed by atoms with Crippen LogP contribution in [-0.2, 0) is 4.79 Å². The summed E-state index contributed by atoms with van der Waals surface area (Å²) in [4.78, 5) is 13.3. The molecule has 2 unspecified atom stereocenters. The highest BCUT2D eigenvalue weighted by atomic mass is 16.3. The van der Waals surface area contributed by atoms with E-state index in [2.05, 4.69) is 11.4 Å². The van der Waals surface area contributed by atoms with Gasteiger partial charge in [0.05, 0.1) is 24.8 Å². The average molecular weight is 256 g/mol. The predicted molar refractivity (Wildman–Crippen MR) is 64.0 cm³/mol. The Bertz CT molecular complexity index is 340. The van der Waals surface area contributed by atoms with Crippen molar-refractivity contribution in [1.29, 1.82) is 5.26 Å². The molecule has 1 heterocycles. The minimum atomic E-state index is -1.21. The number of hydrogen-bond acceptors (Lipinski definition) is 6. The Labute approximate surface area is 106 Å². The van der Waals surface area contributed by atoms with Crippen molar-refractivity contribution in [2.75, 3.05) is 19.7 Å². The molecule has 7 nitrogen and oxygen atoms in total. The fourth-order valence-corrected chi connectivity index (χ4v) is 1.80. The SMILES string of the molecule is CC(N)(CO)C(O)NCC(=O)N1CCC[C@H]1C#N. The molecule has 1 rings (SSSR count). The Morgan fingerprint density at radius 1 is 1.78 bits per heavy atom. The largest absolute Gasteiger partial charge is 0.394 e. The van der Waals surface area contributed by atoms with Crippen molar-refractivity contribution < 1.29 is 15.0 Å². The normalized spacial score (nSPS) is 24.4. The lowest BCUT2D eigenvalue weighted by molar-refractivity contribution is -0.131. The van der Waals surface area contributed by atoms with Crippen LogP contribution in [0.1, 0.15) is 19.8 Å². The van der Waals surface area contributed by atoms with E-state index in [1.54, 1.807) is 0 Å². The Morgan fingerprint density at radius 3 is 3.00 bits per heavy atom. The first-order chi connectivity index (χ1) is 8.42. The van der Waals surface area contributed by atoms with Crippen molar-refractivity contribution in [3.8, 4) is 6.07 Å². The summed E-state index contributed by atoms with van der Waals surface area (Å²) in [6.45, 7) is 1.53.